The van der Waals surface area contributed by atoms with Crippen LogP contribution in [0.1, 0.15) is 17.0 Å². The van der Waals surface area contributed by atoms with Crippen LogP contribution in [0.25, 0.3) is 0 Å². The molecule has 1 heterocycles. The molecule has 2 aromatic rings. The van der Waals surface area contributed by atoms with Gasteiger partial charge in [-0.2, -0.15) is 0 Å². The standard InChI is InChI=1S/C23H28FN3O3/c1-26(12-11-18-7-9-20(24)10-8-18)23(29)25-17-21(19-5-3-2-4-6-19)22(28)27-13-15-30-16-14-27/h2-10,21H,11-17H2,1H3,(H,25,29). The Kier molecular flexibility index (Phi) is 7.79. The van der Waals surface area contributed by atoms with Crippen molar-refractivity contribution in [2.24, 2.45) is 0 Å². The van der Waals surface area contributed by atoms with E-state index in [1.807, 2.05) is 30.3 Å². The van der Waals surface area contributed by atoms with Gasteiger partial charge in [0.2, 0.25) is 5.91 Å². The van der Waals surface area contributed by atoms with Crippen molar-refractivity contribution in [3.63, 3.8) is 0 Å². The second-order valence-corrected chi connectivity index (χ2v) is 7.39. The van der Waals surface area contributed by atoms with E-state index in [-0.39, 0.29) is 24.3 Å². The van der Waals surface area contributed by atoms with Crippen LogP contribution in [0.5, 0.6) is 0 Å². The van der Waals surface area contributed by atoms with Crippen molar-refractivity contribution in [1.82, 2.24) is 15.1 Å². The zero-order valence-electron chi connectivity index (χ0n) is 17.2. The Morgan fingerprint density at radius 2 is 1.77 bits per heavy atom. The largest absolute Gasteiger partial charge is 0.378 e. The fraction of sp³-hybridized carbons (Fsp3) is 0.391. The minimum atomic E-state index is -0.446. The van der Waals surface area contributed by atoms with Gasteiger partial charge in [0.1, 0.15) is 5.82 Å². The minimum Gasteiger partial charge on any atom is -0.378 e. The molecule has 0 radical (unpaired) electrons. The van der Waals surface area contributed by atoms with Crippen LogP contribution < -0.4 is 5.32 Å². The van der Waals surface area contributed by atoms with E-state index in [0.29, 0.717) is 39.3 Å². The number of carbonyl (C=O) groups excluding carboxylic acids is 2. The molecule has 6 nitrogen and oxygen atoms in total. The smallest absolute Gasteiger partial charge is 0.317 e. The van der Waals surface area contributed by atoms with Gasteiger partial charge in [0, 0.05) is 33.2 Å². The molecule has 1 N–H and O–H groups in total. The van der Waals surface area contributed by atoms with Crippen molar-refractivity contribution in [3.05, 3.63) is 71.5 Å². The summed E-state index contributed by atoms with van der Waals surface area (Å²) >= 11 is 0. The van der Waals surface area contributed by atoms with Crippen LogP contribution in [0.15, 0.2) is 54.6 Å². The van der Waals surface area contributed by atoms with Gasteiger partial charge in [0.25, 0.3) is 0 Å². The lowest BCUT2D eigenvalue weighted by atomic mass is 9.97. The summed E-state index contributed by atoms with van der Waals surface area (Å²) in [6.07, 6.45) is 0.624. The van der Waals surface area contributed by atoms with Gasteiger partial charge in [-0.15, -0.1) is 0 Å². The first-order valence-corrected chi connectivity index (χ1v) is 10.2. The molecular weight excluding hydrogens is 385 g/mol. The number of amides is 3. The molecule has 1 fully saturated rings. The number of hydrogen-bond donors (Lipinski definition) is 1. The summed E-state index contributed by atoms with van der Waals surface area (Å²) in [5.74, 6) is -0.723. The summed E-state index contributed by atoms with van der Waals surface area (Å²) in [7, 11) is 1.71. The summed E-state index contributed by atoms with van der Waals surface area (Å²) in [4.78, 5) is 29.0. The van der Waals surface area contributed by atoms with Crippen LogP contribution >= 0.6 is 0 Å². The van der Waals surface area contributed by atoms with Crippen LogP contribution in [0.3, 0.4) is 0 Å². The third kappa shape index (κ3) is 6.03. The van der Waals surface area contributed by atoms with Crippen LogP contribution in [-0.4, -0.2) is 68.2 Å². The fourth-order valence-electron chi connectivity index (χ4n) is 3.41. The van der Waals surface area contributed by atoms with Gasteiger partial charge in [0.15, 0.2) is 0 Å². The van der Waals surface area contributed by atoms with Crippen molar-refractivity contribution in [1.29, 1.82) is 0 Å². The minimum absolute atomic E-state index is 0.00114. The van der Waals surface area contributed by atoms with Gasteiger partial charge in [-0.1, -0.05) is 42.5 Å². The highest BCUT2D eigenvalue weighted by Crippen LogP contribution is 2.19. The van der Waals surface area contributed by atoms with Crippen molar-refractivity contribution < 1.29 is 18.7 Å². The molecule has 2 aromatic carbocycles. The van der Waals surface area contributed by atoms with Gasteiger partial charge in [-0.05, 0) is 29.7 Å². The first-order valence-electron chi connectivity index (χ1n) is 10.2. The SMILES string of the molecule is CN(CCc1ccc(F)cc1)C(=O)NCC(C(=O)N1CCOCC1)c1ccccc1. The number of rotatable bonds is 7. The first-order chi connectivity index (χ1) is 14.5. The highest BCUT2D eigenvalue weighted by molar-refractivity contribution is 5.85. The van der Waals surface area contributed by atoms with E-state index in [2.05, 4.69) is 5.32 Å². The number of carbonyl (C=O) groups is 2. The molecule has 160 valence electrons. The van der Waals surface area contributed by atoms with E-state index in [1.165, 1.54) is 12.1 Å². The lowest BCUT2D eigenvalue weighted by molar-refractivity contribution is -0.136. The molecule has 0 aliphatic carbocycles. The maximum Gasteiger partial charge on any atom is 0.317 e. The van der Waals surface area contributed by atoms with Crippen molar-refractivity contribution in [2.75, 3.05) is 46.4 Å². The molecule has 30 heavy (non-hydrogen) atoms. The molecule has 1 aliphatic heterocycles. The number of ether oxygens (including phenoxy) is 1. The Balaban J connectivity index is 1.57. The lowest BCUT2D eigenvalue weighted by Gasteiger charge is -2.31. The molecule has 0 aromatic heterocycles. The van der Waals surface area contributed by atoms with E-state index in [9.17, 15) is 14.0 Å². The molecule has 1 saturated heterocycles. The number of likely N-dealkylation sites (N-methyl/N-ethyl adjacent to an activating group) is 1. The number of hydrogen-bond acceptors (Lipinski definition) is 3. The molecule has 1 unspecified atom stereocenters. The number of urea groups is 1. The van der Waals surface area contributed by atoms with Crippen molar-refractivity contribution >= 4 is 11.9 Å². The Labute approximate surface area is 176 Å². The summed E-state index contributed by atoms with van der Waals surface area (Å²) in [5, 5.41) is 2.89. The third-order valence-corrected chi connectivity index (χ3v) is 5.28. The number of benzene rings is 2. The average molecular weight is 413 g/mol. The zero-order valence-corrected chi connectivity index (χ0v) is 17.2. The molecule has 1 aliphatic rings. The van der Waals surface area contributed by atoms with E-state index in [4.69, 9.17) is 4.74 Å². The number of nitrogens with one attached hydrogen (secondary N) is 1. The number of nitrogens with zero attached hydrogens (tertiary/aromatic N) is 2. The van der Waals surface area contributed by atoms with Gasteiger partial charge >= 0.3 is 6.03 Å². The molecule has 7 heteroatoms. The van der Waals surface area contributed by atoms with Crippen LogP contribution in [0, 0.1) is 5.82 Å². The molecular formula is C23H28FN3O3. The van der Waals surface area contributed by atoms with Crippen LogP contribution in [0.2, 0.25) is 0 Å². The van der Waals surface area contributed by atoms with E-state index in [0.717, 1.165) is 11.1 Å². The summed E-state index contributed by atoms with van der Waals surface area (Å²) < 4.78 is 18.4. The first kappa shape index (κ1) is 21.8. The lowest BCUT2D eigenvalue weighted by Crippen LogP contribution is -2.47. The molecule has 0 saturated carbocycles. The second kappa shape index (κ2) is 10.7. The summed E-state index contributed by atoms with van der Waals surface area (Å²) in [5.41, 5.74) is 1.84. The van der Waals surface area contributed by atoms with E-state index < -0.39 is 5.92 Å². The van der Waals surface area contributed by atoms with Crippen molar-refractivity contribution in [2.45, 2.75) is 12.3 Å². The number of halogens is 1. The monoisotopic (exact) mass is 413 g/mol. The van der Waals surface area contributed by atoms with Gasteiger partial charge in [-0.3, -0.25) is 4.79 Å². The fourth-order valence-corrected chi connectivity index (χ4v) is 3.41. The average Bonchev–Trinajstić information content (AvgIpc) is 2.79. The quantitative estimate of drug-likeness (QED) is 0.759. The maximum atomic E-state index is 13.1. The van der Waals surface area contributed by atoms with E-state index in [1.54, 1.807) is 29.0 Å². The summed E-state index contributed by atoms with van der Waals surface area (Å²) in [6.45, 7) is 2.91. The molecule has 3 rings (SSSR count). The molecule has 3 amide bonds. The van der Waals surface area contributed by atoms with Crippen molar-refractivity contribution in [3.8, 4) is 0 Å². The van der Waals surface area contributed by atoms with Gasteiger partial charge < -0.3 is 19.9 Å². The molecule has 0 spiro atoms. The predicted octanol–water partition coefficient (Wildman–Crippen LogP) is 2.65. The van der Waals surface area contributed by atoms with Gasteiger partial charge in [0.05, 0.1) is 19.1 Å². The topological polar surface area (TPSA) is 61.9 Å². The highest BCUT2D eigenvalue weighted by Gasteiger charge is 2.27. The Hall–Kier alpha value is -2.93. The predicted molar refractivity (Wildman–Crippen MR) is 113 cm³/mol. The normalized spacial score (nSPS) is 14.8. The second-order valence-electron chi connectivity index (χ2n) is 7.39. The van der Waals surface area contributed by atoms with Gasteiger partial charge in [-0.25, -0.2) is 9.18 Å². The molecule has 1 atom stereocenters. The third-order valence-electron chi connectivity index (χ3n) is 5.28. The number of morpholine rings is 1. The maximum absolute atomic E-state index is 13.1. The van der Waals surface area contributed by atoms with Crippen LogP contribution in [-0.2, 0) is 16.0 Å². The van der Waals surface area contributed by atoms with Crippen LogP contribution in [0.4, 0.5) is 9.18 Å². The zero-order chi connectivity index (χ0) is 21.3. The Bertz CT molecular complexity index is 823. The van der Waals surface area contributed by atoms with E-state index >= 15 is 0 Å². The Morgan fingerprint density at radius 1 is 1.10 bits per heavy atom. The Morgan fingerprint density at radius 3 is 2.43 bits per heavy atom. The molecule has 0 bridgehead atoms. The highest BCUT2D eigenvalue weighted by atomic mass is 19.1. The summed E-state index contributed by atoms with van der Waals surface area (Å²) in [6, 6.07) is 15.5.